The van der Waals surface area contributed by atoms with Crippen LogP contribution in [0.5, 0.6) is 0 Å². The second kappa shape index (κ2) is 6.63. The molecule has 111 valence electrons. The lowest BCUT2D eigenvalue weighted by Crippen LogP contribution is -2.40. The fourth-order valence-electron chi connectivity index (χ4n) is 1.04. The lowest BCUT2D eigenvalue weighted by atomic mass is 10.2. The molecular weight excluding hydrogens is 248 g/mol. The van der Waals surface area contributed by atoms with Gasteiger partial charge in [-0.25, -0.2) is 9.59 Å². The molecule has 0 heterocycles. The molecule has 0 aromatic heterocycles. The number of hydrogen-bond acceptors (Lipinski definition) is 4. The molecule has 0 aromatic carbocycles. The van der Waals surface area contributed by atoms with Crippen LogP contribution in [-0.4, -0.2) is 29.9 Å². The molecule has 2 amide bonds. The van der Waals surface area contributed by atoms with Gasteiger partial charge >= 0.3 is 12.2 Å². The largest absolute Gasteiger partial charge is 0.444 e. The van der Waals surface area contributed by atoms with E-state index in [0.29, 0.717) is 6.04 Å². The highest BCUT2D eigenvalue weighted by molar-refractivity contribution is 5.70. The number of hydrogen-bond donors (Lipinski definition) is 2. The van der Waals surface area contributed by atoms with Crippen LogP contribution in [0.4, 0.5) is 9.59 Å². The molecule has 2 N–H and O–H groups in total. The van der Waals surface area contributed by atoms with E-state index in [4.69, 9.17) is 9.47 Å². The Morgan fingerprint density at radius 2 is 1.32 bits per heavy atom. The first kappa shape index (κ1) is 17.5. The summed E-state index contributed by atoms with van der Waals surface area (Å²) in [5, 5.41) is 5.08. The maximum Gasteiger partial charge on any atom is 0.408 e. The summed E-state index contributed by atoms with van der Waals surface area (Å²) < 4.78 is 10.1. The number of amides is 2. The summed E-state index contributed by atoms with van der Waals surface area (Å²) in [6.45, 7) is 12.5. The number of carbonyl (C=O) groups is 2. The molecule has 0 aliphatic carbocycles. The van der Waals surface area contributed by atoms with Gasteiger partial charge in [0.1, 0.15) is 11.2 Å². The van der Waals surface area contributed by atoms with E-state index in [9.17, 15) is 9.59 Å². The minimum absolute atomic E-state index is 0.189. The highest BCUT2D eigenvalue weighted by atomic mass is 16.6. The van der Waals surface area contributed by atoms with Gasteiger partial charge in [0.25, 0.3) is 0 Å². The van der Waals surface area contributed by atoms with Crippen LogP contribution in [0, 0.1) is 6.04 Å². The van der Waals surface area contributed by atoms with Gasteiger partial charge in [-0.3, -0.25) is 0 Å². The minimum atomic E-state index is -0.553. The molecule has 0 aromatic rings. The Morgan fingerprint density at radius 1 is 0.895 bits per heavy atom. The van der Waals surface area contributed by atoms with E-state index in [0.717, 1.165) is 0 Å². The molecule has 0 fully saturated rings. The van der Waals surface area contributed by atoms with Gasteiger partial charge < -0.3 is 20.1 Å². The Bertz CT molecular complexity index is 316. The van der Waals surface area contributed by atoms with Crippen molar-refractivity contribution in [1.29, 1.82) is 0 Å². The van der Waals surface area contributed by atoms with E-state index in [1.165, 1.54) is 0 Å². The van der Waals surface area contributed by atoms with E-state index in [-0.39, 0.29) is 6.54 Å². The van der Waals surface area contributed by atoms with E-state index >= 15 is 0 Å². The smallest absolute Gasteiger partial charge is 0.408 e. The Balaban J connectivity index is 3.96. The van der Waals surface area contributed by atoms with Crippen molar-refractivity contribution in [2.45, 2.75) is 59.7 Å². The van der Waals surface area contributed by atoms with E-state index in [1.54, 1.807) is 48.5 Å². The fourth-order valence-corrected chi connectivity index (χ4v) is 1.04. The van der Waals surface area contributed by atoms with Gasteiger partial charge in [0.15, 0.2) is 0 Å². The van der Waals surface area contributed by atoms with Gasteiger partial charge in [-0.15, -0.1) is 0 Å². The summed E-state index contributed by atoms with van der Waals surface area (Å²) >= 11 is 0. The van der Waals surface area contributed by atoms with Crippen LogP contribution in [0.1, 0.15) is 48.5 Å². The summed E-state index contributed by atoms with van der Waals surface area (Å²) in [5.41, 5.74) is -1.10. The molecule has 0 bridgehead atoms. The normalized spacial score (nSPS) is 12.0. The highest BCUT2D eigenvalue weighted by Gasteiger charge is 2.19. The third-order valence-corrected chi connectivity index (χ3v) is 1.61. The Kier molecular flexibility index (Phi) is 6.12. The van der Waals surface area contributed by atoms with E-state index in [2.05, 4.69) is 10.6 Å². The first-order chi connectivity index (χ1) is 8.39. The fraction of sp³-hybridized carbons (Fsp3) is 0.769. The zero-order valence-electron chi connectivity index (χ0n) is 12.8. The van der Waals surface area contributed by atoms with Crippen LogP contribution in [-0.2, 0) is 9.47 Å². The Labute approximate surface area is 115 Å². The van der Waals surface area contributed by atoms with Crippen LogP contribution in [0.15, 0.2) is 0 Å². The predicted octanol–water partition coefficient (Wildman–Crippen LogP) is 2.59. The summed E-state index contributed by atoms with van der Waals surface area (Å²) in [7, 11) is 0. The maximum absolute atomic E-state index is 11.4. The number of nitrogens with one attached hydrogen (secondary N) is 2. The molecule has 0 atom stereocenters. The lowest BCUT2D eigenvalue weighted by molar-refractivity contribution is 0.0492. The van der Waals surface area contributed by atoms with Gasteiger partial charge in [0, 0.05) is 6.54 Å². The summed E-state index contributed by atoms with van der Waals surface area (Å²) in [4.78, 5) is 22.8. The minimum Gasteiger partial charge on any atom is -0.444 e. The third-order valence-electron chi connectivity index (χ3n) is 1.61. The quantitative estimate of drug-likeness (QED) is 0.828. The first-order valence-electron chi connectivity index (χ1n) is 6.18. The van der Waals surface area contributed by atoms with E-state index in [1.807, 2.05) is 0 Å². The third kappa shape index (κ3) is 11.4. The zero-order chi connectivity index (χ0) is 15.3. The Hall–Kier alpha value is -1.46. The van der Waals surface area contributed by atoms with Crippen molar-refractivity contribution in [1.82, 2.24) is 10.6 Å². The lowest BCUT2D eigenvalue weighted by Gasteiger charge is -2.23. The predicted molar refractivity (Wildman–Crippen MR) is 72.5 cm³/mol. The van der Waals surface area contributed by atoms with E-state index < -0.39 is 23.4 Å². The van der Waals surface area contributed by atoms with Crippen LogP contribution in [0.2, 0.25) is 0 Å². The monoisotopic (exact) mass is 273 g/mol. The average Bonchev–Trinajstić information content (AvgIpc) is 2.08. The molecule has 0 saturated carbocycles. The maximum atomic E-state index is 11.4. The van der Waals surface area contributed by atoms with Crippen molar-refractivity contribution >= 4 is 12.2 Å². The van der Waals surface area contributed by atoms with Crippen LogP contribution in [0.3, 0.4) is 0 Å². The highest BCUT2D eigenvalue weighted by Crippen LogP contribution is 2.08. The van der Waals surface area contributed by atoms with Crippen LogP contribution in [0.25, 0.3) is 0 Å². The van der Waals surface area contributed by atoms with Crippen molar-refractivity contribution in [2.24, 2.45) is 0 Å². The summed E-state index contributed by atoms with van der Waals surface area (Å²) in [6, 6.07) is 0.570. The summed E-state index contributed by atoms with van der Waals surface area (Å²) in [6.07, 6.45) is -1.08. The standard InChI is InChI=1S/C13H25N2O4/c1-9(15-11(17)19-13(5,6)7)8-14-10(16)18-12(2,3)4/h8H2,1-7H3,(H,14,16)(H,15,17). The van der Waals surface area contributed by atoms with Crippen molar-refractivity contribution < 1.29 is 19.1 Å². The number of ether oxygens (including phenoxy) is 2. The summed E-state index contributed by atoms with van der Waals surface area (Å²) in [5.74, 6) is 0. The number of alkyl carbamates (subject to hydrolysis) is 2. The topological polar surface area (TPSA) is 76.7 Å². The molecule has 6 heteroatoms. The van der Waals surface area contributed by atoms with Crippen molar-refractivity contribution in [3.63, 3.8) is 0 Å². The van der Waals surface area contributed by atoms with Crippen LogP contribution >= 0.6 is 0 Å². The van der Waals surface area contributed by atoms with Crippen molar-refractivity contribution in [2.75, 3.05) is 6.54 Å². The molecule has 19 heavy (non-hydrogen) atoms. The number of rotatable bonds is 3. The second-order valence-corrected chi connectivity index (χ2v) is 6.26. The van der Waals surface area contributed by atoms with Crippen molar-refractivity contribution in [3.8, 4) is 0 Å². The molecular formula is C13H25N2O4. The van der Waals surface area contributed by atoms with Gasteiger partial charge in [0.2, 0.25) is 0 Å². The molecule has 0 rings (SSSR count). The second-order valence-electron chi connectivity index (χ2n) is 6.26. The molecule has 1 radical (unpaired) electrons. The number of carbonyl (C=O) groups excluding carboxylic acids is 2. The van der Waals surface area contributed by atoms with Gasteiger partial charge in [-0.2, -0.15) is 0 Å². The molecule has 0 unspecified atom stereocenters. The molecule has 6 nitrogen and oxygen atoms in total. The van der Waals surface area contributed by atoms with Gasteiger partial charge in [0.05, 0.1) is 6.04 Å². The average molecular weight is 273 g/mol. The molecule has 0 aliphatic rings. The molecule has 0 saturated heterocycles. The van der Waals surface area contributed by atoms with Gasteiger partial charge in [-0.1, -0.05) is 0 Å². The molecule has 0 aliphatic heterocycles. The first-order valence-corrected chi connectivity index (χ1v) is 6.18. The van der Waals surface area contributed by atoms with Gasteiger partial charge in [-0.05, 0) is 48.5 Å². The molecule has 0 spiro atoms. The van der Waals surface area contributed by atoms with Crippen molar-refractivity contribution in [3.05, 3.63) is 6.04 Å². The SMILES string of the molecule is C[C](CNC(=O)OC(C)(C)C)NC(=O)OC(C)(C)C. The van der Waals surface area contributed by atoms with Crippen LogP contribution < -0.4 is 10.6 Å². The Morgan fingerprint density at radius 3 is 1.74 bits per heavy atom. The zero-order valence-corrected chi connectivity index (χ0v) is 12.8.